The quantitative estimate of drug-likeness (QED) is 0.476. The molecule has 0 nitrogen and oxygen atoms in total. The zero-order chi connectivity index (χ0) is 13.2. The minimum Gasteiger partial charge on any atom is -0.0622 e. The molecule has 2 aromatic carbocycles. The highest BCUT2D eigenvalue weighted by molar-refractivity contribution is 6.35. The van der Waals surface area contributed by atoms with Crippen molar-refractivity contribution in [1.82, 2.24) is 0 Å². The number of rotatable bonds is 8. The first-order chi connectivity index (χ1) is 9.45. The number of hydrogen-bond donors (Lipinski definition) is 0. The van der Waals surface area contributed by atoms with E-state index in [4.69, 9.17) is 0 Å². The second-order valence-corrected chi connectivity index (χ2v) is 6.43. The molecule has 0 aliphatic carbocycles. The summed E-state index contributed by atoms with van der Waals surface area (Å²) in [6.07, 6.45) is 5.17. The third-order valence-electron chi connectivity index (χ3n) is 3.32. The van der Waals surface area contributed by atoms with Crippen LogP contribution in [0.2, 0.25) is 12.1 Å². The molecule has 0 saturated heterocycles. The highest BCUT2D eigenvalue weighted by Crippen LogP contribution is 2.08. The molecule has 0 bridgehead atoms. The van der Waals surface area contributed by atoms with Crippen molar-refractivity contribution in [2.75, 3.05) is 0 Å². The summed E-state index contributed by atoms with van der Waals surface area (Å²) < 4.78 is 0. The van der Waals surface area contributed by atoms with Gasteiger partial charge in [-0.25, -0.2) is 0 Å². The van der Waals surface area contributed by atoms with Crippen LogP contribution < -0.4 is 0 Å². The summed E-state index contributed by atoms with van der Waals surface area (Å²) >= 11 is 0. The van der Waals surface area contributed by atoms with Crippen LogP contribution in [0.15, 0.2) is 60.7 Å². The lowest BCUT2D eigenvalue weighted by Crippen LogP contribution is -1.93. The molecule has 0 aromatic heterocycles. The molecule has 1 heteroatoms. The maximum atomic E-state index is 2.23. The van der Waals surface area contributed by atoms with Gasteiger partial charge in [0.15, 0.2) is 0 Å². The standard InChI is InChI=1S/C18H22Si/c1-3-9-17(10-4-1)13-7-15-19-16-8-14-18-11-5-2-6-12-18/h1-6,9-12H,7-8,13-16H2. The van der Waals surface area contributed by atoms with Crippen LogP contribution in [-0.4, -0.2) is 9.52 Å². The van der Waals surface area contributed by atoms with Crippen LogP contribution in [0.25, 0.3) is 0 Å². The summed E-state index contributed by atoms with van der Waals surface area (Å²) in [4.78, 5) is 0. The molecule has 2 aromatic rings. The Labute approximate surface area is 119 Å². The number of aryl methyl sites for hydroxylation is 2. The summed E-state index contributed by atoms with van der Waals surface area (Å²) in [5.41, 5.74) is 2.97. The van der Waals surface area contributed by atoms with Crippen molar-refractivity contribution in [3.05, 3.63) is 71.8 Å². The van der Waals surface area contributed by atoms with Gasteiger partial charge in [-0.1, -0.05) is 85.6 Å². The zero-order valence-corrected chi connectivity index (χ0v) is 12.5. The molecule has 0 atom stereocenters. The van der Waals surface area contributed by atoms with E-state index in [1.165, 1.54) is 48.9 Å². The van der Waals surface area contributed by atoms with Crippen LogP contribution in [-0.2, 0) is 12.8 Å². The smallest absolute Gasteiger partial charge is 0.0378 e. The average molecular weight is 266 g/mol. The van der Waals surface area contributed by atoms with Gasteiger partial charge in [0.25, 0.3) is 0 Å². The Balaban J connectivity index is 1.49. The first kappa shape index (κ1) is 14.1. The molecular weight excluding hydrogens is 244 g/mol. The molecule has 19 heavy (non-hydrogen) atoms. The Morgan fingerprint density at radius 2 is 1.00 bits per heavy atom. The molecule has 0 heterocycles. The molecule has 0 spiro atoms. The molecule has 0 amide bonds. The molecule has 2 radical (unpaired) electrons. The predicted molar refractivity (Wildman–Crippen MR) is 84.9 cm³/mol. The lowest BCUT2D eigenvalue weighted by Gasteiger charge is -2.02. The van der Waals surface area contributed by atoms with E-state index in [9.17, 15) is 0 Å². The summed E-state index contributed by atoms with van der Waals surface area (Å²) in [5.74, 6) is 0. The topological polar surface area (TPSA) is 0 Å². The van der Waals surface area contributed by atoms with Crippen molar-refractivity contribution in [3.63, 3.8) is 0 Å². The second-order valence-electron chi connectivity index (χ2n) is 4.93. The van der Waals surface area contributed by atoms with Crippen molar-refractivity contribution in [2.45, 2.75) is 37.8 Å². The van der Waals surface area contributed by atoms with Crippen molar-refractivity contribution in [2.24, 2.45) is 0 Å². The molecule has 2 rings (SSSR count). The van der Waals surface area contributed by atoms with Gasteiger partial charge < -0.3 is 0 Å². The Bertz CT molecular complexity index is 392. The maximum Gasteiger partial charge on any atom is 0.0378 e. The van der Waals surface area contributed by atoms with Gasteiger partial charge in [0, 0.05) is 9.52 Å². The molecular formula is C18H22Si. The van der Waals surface area contributed by atoms with Crippen molar-refractivity contribution < 1.29 is 0 Å². The van der Waals surface area contributed by atoms with E-state index in [-0.39, 0.29) is 0 Å². The summed E-state index contributed by atoms with van der Waals surface area (Å²) in [6, 6.07) is 24.5. The Kier molecular flexibility index (Phi) is 6.45. The van der Waals surface area contributed by atoms with Gasteiger partial charge in [-0.2, -0.15) is 0 Å². The van der Waals surface area contributed by atoms with E-state index in [0.29, 0.717) is 0 Å². The molecule has 0 N–H and O–H groups in total. The highest BCUT2D eigenvalue weighted by atomic mass is 28.2. The van der Waals surface area contributed by atoms with E-state index in [1.807, 2.05) is 0 Å². The first-order valence-electron chi connectivity index (χ1n) is 7.24. The summed E-state index contributed by atoms with van der Waals surface area (Å²) in [6.45, 7) is 0. The van der Waals surface area contributed by atoms with Gasteiger partial charge in [-0.15, -0.1) is 0 Å². The minimum atomic E-state index is 1.14. The fraction of sp³-hybridized carbons (Fsp3) is 0.333. The van der Waals surface area contributed by atoms with Gasteiger partial charge in [0.1, 0.15) is 0 Å². The Morgan fingerprint density at radius 1 is 0.579 bits per heavy atom. The van der Waals surface area contributed by atoms with Gasteiger partial charge in [0.2, 0.25) is 0 Å². The third kappa shape index (κ3) is 5.89. The van der Waals surface area contributed by atoms with Gasteiger partial charge in [0.05, 0.1) is 0 Å². The molecule has 0 unspecified atom stereocenters. The van der Waals surface area contributed by atoms with E-state index >= 15 is 0 Å². The molecule has 0 fully saturated rings. The van der Waals surface area contributed by atoms with E-state index in [1.54, 1.807) is 0 Å². The lowest BCUT2D eigenvalue weighted by molar-refractivity contribution is 0.884. The van der Waals surface area contributed by atoms with Crippen LogP contribution in [0.4, 0.5) is 0 Å². The SMILES string of the molecule is c1ccc(CCC[Si]CCCc2ccccc2)cc1. The number of hydrogen-bond acceptors (Lipinski definition) is 0. The van der Waals surface area contributed by atoms with Crippen LogP contribution >= 0.6 is 0 Å². The Morgan fingerprint density at radius 3 is 1.42 bits per heavy atom. The lowest BCUT2D eigenvalue weighted by atomic mass is 10.1. The van der Waals surface area contributed by atoms with Gasteiger partial charge in [-0.05, 0) is 24.0 Å². The van der Waals surface area contributed by atoms with E-state index in [0.717, 1.165) is 9.52 Å². The predicted octanol–water partition coefficient (Wildman–Crippen LogP) is 4.79. The summed E-state index contributed by atoms with van der Waals surface area (Å²) in [5, 5.41) is 0. The van der Waals surface area contributed by atoms with Crippen molar-refractivity contribution in [1.29, 1.82) is 0 Å². The van der Waals surface area contributed by atoms with Crippen LogP contribution in [0.3, 0.4) is 0 Å². The summed E-state index contributed by atoms with van der Waals surface area (Å²) in [7, 11) is 1.14. The molecule has 98 valence electrons. The van der Waals surface area contributed by atoms with Crippen LogP contribution in [0.1, 0.15) is 24.0 Å². The monoisotopic (exact) mass is 266 g/mol. The largest absolute Gasteiger partial charge is 0.0622 e. The van der Waals surface area contributed by atoms with E-state index < -0.39 is 0 Å². The minimum absolute atomic E-state index is 1.14. The molecule has 0 aliphatic heterocycles. The molecule has 0 aliphatic rings. The van der Waals surface area contributed by atoms with Crippen molar-refractivity contribution in [3.8, 4) is 0 Å². The third-order valence-corrected chi connectivity index (χ3v) is 4.74. The highest BCUT2D eigenvalue weighted by Gasteiger charge is 1.95. The van der Waals surface area contributed by atoms with Crippen LogP contribution in [0.5, 0.6) is 0 Å². The average Bonchev–Trinajstić information content (AvgIpc) is 2.48. The first-order valence-corrected chi connectivity index (χ1v) is 8.65. The van der Waals surface area contributed by atoms with E-state index in [2.05, 4.69) is 60.7 Å². The van der Waals surface area contributed by atoms with Gasteiger partial charge in [-0.3, -0.25) is 0 Å². The van der Waals surface area contributed by atoms with Crippen molar-refractivity contribution >= 4 is 9.52 Å². The second kappa shape index (κ2) is 8.71. The Hall–Kier alpha value is -1.34. The fourth-order valence-electron chi connectivity index (χ4n) is 2.25. The number of benzene rings is 2. The normalized spacial score (nSPS) is 10.5. The molecule has 0 saturated carbocycles. The zero-order valence-electron chi connectivity index (χ0n) is 11.5. The maximum absolute atomic E-state index is 2.23. The van der Waals surface area contributed by atoms with Crippen LogP contribution in [0, 0.1) is 0 Å². The van der Waals surface area contributed by atoms with Gasteiger partial charge >= 0.3 is 0 Å². The fourth-order valence-corrected chi connectivity index (χ4v) is 3.35.